The molecule has 3 rings (SSSR count). The lowest BCUT2D eigenvalue weighted by atomic mass is 10.0. The molecule has 0 aliphatic carbocycles. The van der Waals surface area contributed by atoms with Gasteiger partial charge in [-0.25, -0.2) is 4.57 Å². The number of aromatic nitrogens is 1. The Labute approximate surface area is 169 Å². The third kappa shape index (κ3) is 3.95. The summed E-state index contributed by atoms with van der Waals surface area (Å²) in [6.07, 6.45) is 3.49. The van der Waals surface area contributed by atoms with Gasteiger partial charge in [-0.05, 0) is 17.5 Å². The Morgan fingerprint density at radius 1 is 1.12 bits per heavy atom. The first-order valence-corrected chi connectivity index (χ1v) is 8.36. The van der Waals surface area contributed by atoms with Crippen LogP contribution >= 0.6 is 0 Å². The molecule has 0 fully saturated rings. The Morgan fingerprint density at radius 2 is 1.88 bits per heavy atom. The molecule has 0 aliphatic rings. The molecule has 0 aliphatic heterocycles. The number of methoxy groups -OCH3 is 1. The van der Waals surface area contributed by atoms with E-state index in [1.54, 1.807) is 19.2 Å². The number of aryl methyl sites for hydroxylation is 1. The van der Waals surface area contributed by atoms with E-state index in [0.29, 0.717) is 17.7 Å². The van der Waals surface area contributed by atoms with E-state index in [9.17, 15) is 10.1 Å². The van der Waals surface area contributed by atoms with Gasteiger partial charge in [0.05, 0.1) is 24.0 Å². The number of halogens is 1. The van der Waals surface area contributed by atoms with Crippen LogP contribution in [0.5, 0.6) is 5.75 Å². The van der Waals surface area contributed by atoms with Crippen molar-refractivity contribution < 1.29 is 38.2 Å². The highest BCUT2D eigenvalue weighted by Crippen LogP contribution is 2.31. The van der Waals surface area contributed by atoms with Crippen LogP contribution < -0.4 is 33.3 Å². The number of nitrogens with zero attached hydrogens (tertiary/aromatic N) is 2. The third-order valence-corrected chi connectivity index (χ3v) is 4.39. The fourth-order valence-electron chi connectivity index (χ4n) is 3.23. The Bertz CT molecular complexity index is 928. The summed E-state index contributed by atoms with van der Waals surface area (Å²) < 4.78 is 7.59. The van der Waals surface area contributed by atoms with Crippen molar-refractivity contribution in [2.24, 2.45) is 0 Å². The first kappa shape index (κ1) is 20.1. The summed E-state index contributed by atoms with van der Waals surface area (Å²) in [6.45, 7) is 2.99. The van der Waals surface area contributed by atoms with Gasteiger partial charge in [0.2, 0.25) is 0 Å². The zero-order valence-electron chi connectivity index (χ0n) is 14.8. The van der Waals surface area contributed by atoms with Crippen LogP contribution in [0, 0.1) is 10.1 Å². The number of rotatable bonds is 6. The number of fused-ring (bicyclic) bond motifs is 1. The molecule has 0 bridgehead atoms. The molecule has 1 heterocycles. The van der Waals surface area contributed by atoms with Crippen molar-refractivity contribution >= 4 is 16.5 Å². The number of nitro benzene ring substituents is 1. The average Bonchev–Trinajstić information content (AvgIpc) is 2.63. The lowest BCUT2D eigenvalue weighted by Crippen LogP contribution is -3.00. The van der Waals surface area contributed by atoms with E-state index in [-0.39, 0.29) is 34.6 Å². The summed E-state index contributed by atoms with van der Waals surface area (Å²) in [5, 5.41) is 13.7. The molecule has 1 aromatic heterocycles. The zero-order chi connectivity index (χ0) is 17.8. The third-order valence-electron chi connectivity index (χ3n) is 4.39. The van der Waals surface area contributed by atoms with E-state index >= 15 is 0 Å². The number of hydrogen-bond acceptors (Lipinski definition) is 3. The van der Waals surface area contributed by atoms with Crippen molar-refractivity contribution in [3.05, 3.63) is 76.1 Å². The van der Waals surface area contributed by atoms with Gasteiger partial charge in [0.25, 0.3) is 5.69 Å². The van der Waals surface area contributed by atoms with Gasteiger partial charge in [0.15, 0.2) is 11.9 Å². The van der Waals surface area contributed by atoms with E-state index in [1.807, 2.05) is 12.1 Å². The maximum absolute atomic E-state index is 11.5. The van der Waals surface area contributed by atoms with Gasteiger partial charge >= 0.3 is 0 Å². The quantitative estimate of drug-likeness (QED) is 0.237. The summed E-state index contributed by atoms with van der Waals surface area (Å²) >= 11 is 0. The molecule has 0 amide bonds. The molecule has 26 heavy (non-hydrogen) atoms. The highest BCUT2D eigenvalue weighted by molar-refractivity contribution is 5.83. The van der Waals surface area contributed by atoms with Gasteiger partial charge in [-0.3, -0.25) is 10.1 Å². The molecule has 0 unspecified atom stereocenters. The molecule has 6 heteroatoms. The maximum Gasteiger partial charge on any atom is 0.276 e. The first-order chi connectivity index (χ1) is 12.2. The number of benzene rings is 2. The molecular formula is C20H21IN2O3. The number of hydrogen-bond donors (Lipinski definition) is 0. The highest BCUT2D eigenvalue weighted by Gasteiger charge is 2.24. The highest BCUT2D eigenvalue weighted by atomic mass is 127. The van der Waals surface area contributed by atoms with E-state index in [2.05, 4.69) is 35.9 Å². The van der Waals surface area contributed by atoms with Crippen LogP contribution in [-0.2, 0) is 13.0 Å². The summed E-state index contributed by atoms with van der Waals surface area (Å²) in [4.78, 5) is 11.2. The van der Waals surface area contributed by atoms with Crippen LogP contribution in [0.2, 0.25) is 0 Å². The monoisotopic (exact) mass is 464 g/mol. The Balaban J connectivity index is 0.00000243. The molecule has 0 saturated heterocycles. The predicted octanol–water partition coefficient (Wildman–Crippen LogP) is 1.05. The summed E-state index contributed by atoms with van der Waals surface area (Å²) in [7, 11) is 1.55. The minimum atomic E-state index is -0.340. The second-order valence-electron chi connectivity index (χ2n) is 5.93. The van der Waals surface area contributed by atoms with Crippen LogP contribution in [-0.4, -0.2) is 12.0 Å². The lowest BCUT2D eigenvalue weighted by molar-refractivity contribution is -0.702. The lowest BCUT2D eigenvalue weighted by Gasteiger charge is -2.11. The number of ether oxygens (including phenoxy) is 1. The van der Waals surface area contributed by atoms with Crippen molar-refractivity contribution in [1.29, 1.82) is 0 Å². The molecular weight excluding hydrogens is 443 g/mol. The molecule has 5 nitrogen and oxygen atoms in total. The van der Waals surface area contributed by atoms with Crippen molar-refractivity contribution in [1.82, 2.24) is 0 Å². The summed E-state index contributed by atoms with van der Waals surface area (Å²) in [6, 6.07) is 15.2. The fourth-order valence-corrected chi connectivity index (χ4v) is 3.23. The topological polar surface area (TPSA) is 56.2 Å². The fraction of sp³-hybridized carbons (Fsp3) is 0.250. The van der Waals surface area contributed by atoms with Gasteiger partial charge in [-0.2, -0.15) is 0 Å². The summed E-state index contributed by atoms with van der Waals surface area (Å²) in [5.74, 6) is 0.546. The second-order valence-corrected chi connectivity index (χ2v) is 5.93. The molecule has 0 radical (unpaired) electrons. The number of pyridine rings is 1. The minimum Gasteiger partial charge on any atom is -1.00 e. The van der Waals surface area contributed by atoms with Crippen molar-refractivity contribution in [3.63, 3.8) is 0 Å². The Morgan fingerprint density at radius 3 is 2.58 bits per heavy atom. The Hall–Kier alpha value is -2.22. The smallest absolute Gasteiger partial charge is 0.276 e. The normalized spacial score (nSPS) is 10.4. The van der Waals surface area contributed by atoms with E-state index in [0.717, 1.165) is 29.4 Å². The van der Waals surface area contributed by atoms with Crippen LogP contribution in [0.4, 0.5) is 5.69 Å². The molecule has 2 aromatic carbocycles. The zero-order valence-corrected chi connectivity index (χ0v) is 17.0. The standard InChI is InChI=1S/C20H21N2O3.HI/c1-3-12-21-13-11-15-7-4-5-8-16(15)19(21)14-17-18(22(23)24)9-6-10-20(17)25-2;/h4-11,13H,3,12,14H2,1-2H3;1H/q+1;/p-1. The van der Waals surface area contributed by atoms with Gasteiger partial charge in [0, 0.05) is 23.9 Å². The molecule has 0 atom stereocenters. The SMILES string of the molecule is CCC[n+]1ccc2ccccc2c1Cc1c(OC)cccc1[N+](=O)[O-].[I-]. The molecule has 0 N–H and O–H groups in total. The van der Waals surface area contributed by atoms with Crippen LogP contribution in [0.15, 0.2) is 54.7 Å². The molecule has 136 valence electrons. The Kier molecular flexibility index (Phi) is 6.90. The van der Waals surface area contributed by atoms with Crippen LogP contribution in [0.3, 0.4) is 0 Å². The van der Waals surface area contributed by atoms with Gasteiger partial charge < -0.3 is 28.7 Å². The van der Waals surface area contributed by atoms with E-state index in [4.69, 9.17) is 4.74 Å². The first-order valence-electron chi connectivity index (χ1n) is 8.36. The van der Waals surface area contributed by atoms with Crippen LogP contribution in [0.25, 0.3) is 10.8 Å². The second kappa shape index (κ2) is 8.93. The van der Waals surface area contributed by atoms with Gasteiger partial charge in [-0.1, -0.05) is 31.2 Å². The van der Waals surface area contributed by atoms with E-state index < -0.39 is 0 Å². The summed E-state index contributed by atoms with van der Waals surface area (Å²) in [5.41, 5.74) is 1.76. The van der Waals surface area contributed by atoms with Crippen molar-refractivity contribution in [2.45, 2.75) is 26.3 Å². The maximum atomic E-state index is 11.5. The van der Waals surface area contributed by atoms with Gasteiger partial charge in [0.1, 0.15) is 12.3 Å². The van der Waals surface area contributed by atoms with Crippen LogP contribution in [0.1, 0.15) is 24.6 Å². The minimum absolute atomic E-state index is 0. The molecule has 0 spiro atoms. The van der Waals surface area contributed by atoms with E-state index in [1.165, 1.54) is 6.07 Å². The number of nitro groups is 1. The van der Waals surface area contributed by atoms with Gasteiger partial charge in [-0.15, -0.1) is 0 Å². The average molecular weight is 464 g/mol. The predicted molar refractivity (Wildman–Crippen MR) is 96.9 cm³/mol. The van der Waals surface area contributed by atoms with Crippen molar-refractivity contribution in [3.8, 4) is 5.75 Å². The van der Waals surface area contributed by atoms with Crippen molar-refractivity contribution in [2.75, 3.05) is 7.11 Å². The molecule has 3 aromatic rings. The largest absolute Gasteiger partial charge is 1.00 e. The molecule has 0 saturated carbocycles.